The smallest absolute Gasteiger partial charge is 0.317 e. The second kappa shape index (κ2) is 6.98. The Labute approximate surface area is 99.6 Å². The summed E-state index contributed by atoms with van der Waals surface area (Å²) in [4.78, 5) is 12.4. The summed E-state index contributed by atoms with van der Waals surface area (Å²) in [7, 11) is 1.57. The molecule has 0 saturated carbocycles. The minimum absolute atomic E-state index is 0.0548. The molecule has 0 unspecified atom stereocenters. The van der Waals surface area contributed by atoms with Crippen LogP contribution in [-0.4, -0.2) is 42.8 Å². The summed E-state index contributed by atoms with van der Waals surface area (Å²) >= 11 is 0. The highest BCUT2D eigenvalue weighted by atomic mass is 19.1. The van der Waals surface area contributed by atoms with Crippen LogP contribution < -0.4 is 0 Å². The van der Waals surface area contributed by atoms with E-state index in [0.29, 0.717) is 19.7 Å². The molecular weight excluding hydrogens is 225 g/mol. The van der Waals surface area contributed by atoms with E-state index in [0.717, 1.165) is 5.56 Å². The molecule has 4 nitrogen and oxygen atoms in total. The molecule has 0 aliphatic carbocycles. The second-order valence-corrected chi connectivity index (χ2v) is 3.72. The van der Waals surface area contributed by atoms with E-state index in [1.165, 1.54) is 12.1 Å². The lowest BCUT2D eigenvalue weighted by Gasteiger charge is -2.19. The topological polar surface area (TPSA) is 49.8 Å². The summed E-state index contributed by atoms with van der Waals surface area (Å²) in [6.07, 6.45) is 0. The molecule has 1 aromatic carbocycles. The third-order valence-electron chi connectivity index (χ3n) is 2.29. The van der Waals surface area contributed by atoms with Crippen LogP contribution in [0.5, 0.6) is 0 Å². The van der Waals surface area contributed by atoms with E-state index >= 15 is 0 Å². The van der Waals surface area contributed by atoms with Crippen LogP contribution in [0, 0.1) is 5.82 Å². The summed E-state index contributed by atoms with van der Waals surface area (Å²) in [5, 5.41) is 8.76. The molecule has 5 heteroatoms. The van der Waals surface area contributed by atoms with Gasteiger partial charge in [0.2, 0.25) is 0 Å². The lowest BCUT2D eigenvalue weighted by Crippen LogP contribution is -2.32. The van der Waals surface area contributed by atoms with Crippen LogP contribution in [0.25, 0.3) is 0 Å². The zero-order chi connectivity index (χ0) is 12.7. The molecular formula is C12H16FNO3. The monoisotopic (exact) mass is 241 g/mol. The van der Waals surface area contributed by atoms with Crippen molar-refractivity contribution in [2.75, 3.05) is 26.8 Å². The molecule has 0 heterocycles. The van der Waals surface area contributed by atoms with Gasteiger partial charge in [0.15, 0.2) is 0 Å². The predicted molar refractivity (Wildman–Crippen MR) is 61.2 cm³/mol. The Morgan fingerprint density at radius 1 is 1.41 bits per heavy atom. The Bertz CT molecular complexity index is 353. The zero-order valence-electron chi connectivity index (χ0n) is 9.73. The van der Waals surface area contributed by atoms with Gasteiger partial charge >= 0.3 is 5.97 Å². The first-order chi connectivity index (χ1) is 8.11. The Morgan fingerprint density at radius 3 is 2.59 bits per heavy atom. The third-order valence-corrected chi connectivity index (χ3v) is 2.29. The van der Waals surface area contributed by atoms with Crippen molar-refractivity contribution in [2.45, 2.75) is 6.54 Å². The van der Waals surface area contributed by atoms with Gasteiger partial charge in [-0.1, -0.05) is 12.1 Å². The van der Waals surface area contributed by atoms with E-state index in [1.54, 1.807) is 24.1 Å². The number of aliphatic carboxylic acids is 1. The normalized spacial score (nSPS) is 10.8. The number of benzene rings is 1. The first-order valence-electron chi connectivity index (χ1n) is 5.29. The van der Waals surface area contributed by atoms with E-state index in [1.807, 2.05) is 0 Å². The van der Waals surface area contributed by atoms with Gasteiger partial charge < -0.3 is 9.84 Å². The van der Waals surface area contributed by atoms with Crippen molar-refractivity contribution in [3.63, 3.8) is 0 Å². The van der Waals surface area contributed by atoms with Gasteiger partial charge in [0.25, 0.3) is 0 Å². The van der Waals surface area contributed by atoms with Crippen LogP contribution in [0.2, 0.25) is 0 Å². The Morgan fingerprint density at radius 2 is 2.06 bits per heavy atom. The summed E-state index contributed by atoms with van der Waals surface area (Å²) in [6.45, 7) is 1.41. The Balaban J connectivity index is 2.57. The average Bonchev–Trinajstić information content (AvgIpc) is 2.28. The molecule has 0 saturated heterocycles. The van der Waals surface area contributed by atoms with Gasteiger partial charge in [-0.3, -0.25) is 9.69 Å². The molecule has 0 spiro atoms. The third kappa shape index (κ3) is 5.42. The number of hydrogen-bond donors (Lipinski definition) is 1. The molecule has 1 aromatic rings. The van der Waals surface area contributed by atoms with Crippen molar-refractivity contribution in [2.24, 2.45) is 0 Å². The second-order valence-electron chi connectivity index (χ2n) is 3.72. The van der Waals surface area contributed by atoms with Crippen LogP contribution >= 0.6 is 0 Å². The molecule has 0 aliphatic rings. The van der Waals surface area contributed by atoms with Crippen molar-refractivity contribution < 1.29 is 19.0 Å². The van der Waals surface area contributed by atoms with Crippen molar-refractivity contribution in [1.82, 2.24) is 4.90 Å². The maximum atomic E-state index is 12.7. The van der Waals surface area contributed by atoms with Crippen LogP contribution in [-0.2, 0) is 16.1 Å². The standard InChI is InChI=1S/C12H16FNO3/c1-17-7-6-14(9-12(15)16)8-10-2-4-11(13)5-3-10/h2-5H,6-9H2,1H3,(H,15,16). The number of carbonyl (C=O) groups is 1. The first kappa shape index (κ1) is 13.6. The summed E-state index contributed by atoms with van der Waals surface area (Å²) < 4.78 is 17.6. The maximum absolute atomic E-state index is 12.7. The van der Waals surface area contributed by atoms with Crippen molar-refractivity contribution >= 4 is 5.97 Å². The zero-order valence-corrected chi connectivity index (χ0v) is 9.73. The number of methoxy groups -OCH3 is 1. The fourth-order valence-corrected chi connectivity index (χ4v) is 1.47. The van der Waals surface area contributed by atoms with Crippen LogP contribution in [0.15, 0.2) is 24.3 Å². The summed E-state index contributed by atoms with van der Waals surface area (Å²) in [5.74, 6) is -1.18. The van der Waals surface area contributed by atoms with E-state index in [4.69, 9.17) is 9.84 Å². The van der Waals surface area contributed by atoms with Gasteiger partial charge in [-0.2, -0.15) is 0 Å². The first-order valence-corrected chi connectivity index (χ1v) is 5.29. The molecule has 0 aromatic heterocycles. The van der Waals surface area contributed by atoms with Crippen molar-refractivity contribution in [3.8, 4) is 0 Å². The van der Waals surface area contributed by atoms with Gasteiger partial charge in [-0.15, -0.1) is 0 Å². The van der Waals surface area contributed by atoms with Crippen LogP contribution in [0.1, 0.15) is 5.56 Å². The van der Waals surface area contributed by atoms with Crippen molar-refractivity contribution in [1.29, 1.82) is 0 Å². The van der Waals surface area contributed by atoms with E-state index < -0.39 is 5.97 Å². The molecule has 1 N–H and O–H groups in total. The highest BCUT2D eigenvalue weighted by Crippen LogP contribution is 2.06. The fourth-order valence-electron chi connectivity index (χ4n) is 1.47. The molecule has 0 amide bonds. The quantitative estimate of drug-likeness (QED) is 0.783. The number of halogens is 1. The number of ether oxygens (including phenoxy) is 1. The fraction of sp³-hybridized carbons (Fsp3) is 0.417. The largest absolute Gasteiger partial charge is 0.480 e. The SMILES string of the molecule is COCCN(CC(=O)O)Cc1ccc(F)cc1. The molecule has 0 aliphatic heterocycles. The van der Waals surface area contributed by atoms with Crippen LogP contribution in [0.3, 0.4) is 0 Å². The average molecular weight is 241 g/mol. The minimum Gasteiger partial charge on any atom is -0.480 e. The Hall–Kier alpha value is -1.46. The molecule has 94 valence electrons. The van der Waals surface area contributed by atoms with E-state index in [2.05, 4.69) is 0 Å². The summed E-state index contributed by atoms with van der Waals surface area (Å²) in [5.41, 5.74) is 0.878. The number of carboxylic acid groups (broad SMARTS) is 1. The highest BCUT2D eigenvalue weighted by Gasteiger charge is 2.10. The highest BCUT2D eigenvalue weighted by molar-refractivity contribution is 5.69. The van der Waals surface area contributed by atoms with Gasteiger partial charge in [0.05, 0.1) is 13.2 Å². The molecule has 0 bridgehead atoms. The summed E-state index contributed by atoms with van der Waals surface area (Å²) in [6, 6.07) is 6.03. The van der Waals surface area contributed by atoms with Gasteiger partial charge in [0, 0.05) is 20.2 Å². The lowest BCUT2D eigenvalue weighted by molar-refractivity contribution is -0.138. The van der Waals surface area contributed by atoms with Gasteiger partial charge in [0.1, 0.15) is 5.82 Å². The van der Waals surface area contributed by atoms with Gasteiger partial charge in [-0.25, -0.2) is 4.39 Å². The molecule has 17 heavy (non-hydrogen) atoms. The van der Waals surface area contributed by atoms with E-state index in [-0.39, 0.29) is 12.4 Å². The number of rotatable bonds is 7. The molecule has 0 radical (unpaired) electrons. The maximum Gasteiger partial charge on any atom is 0.317 e. The molecule has 0 fully saturated rings. The van der Waals surface area contributed by atoms with E-state index in [9.17, 15) is 9.18 Å². The predicted octanol–water partition coefficient (Wildman–Crippen LogP) is 1.36. The number of carboxylic acids is 1. The molecule has 1 rings (SSSR count). The Kier molecular flexibility index (Phi) is 5.59. The number of nitrogens with zero attached hydrogens (tertiary/aromatic N) is 1. The van der Waals surface area contributed by atoms with Crippen molar-refractivity contribution in [3.05, 3.63) is 35.6 Å². The molecule has 0 atom stereocenters. The van der Waals surface area contributed by atoms with Crippen LogP contribution in [0.4, 0.5) is 4.39 Å². The minimum atomic E-state index is -0.886. The lowest BCUT2D eigenvalue weighted by atomic mass is 10.2. The number of hydrogen-bond acceptors (Lipinski definition) is 3. The van der Waals surface area contributed by atoms with Gasteiger partial charge in [-0.05, 0) is 17.7 Å².